The monoisotopic (exact) mass is 278 g/mol. The fourth-order valence-corrected chi connectivity index (χ4v) is 2.12. The number of amides is 1. The zero-order valence-corrected chi connectivity index (χ0v) is 11.5. The summed E-state index contributed by atoms with van der Waals surface area (Å²) in [6.45, 7) is 0. The van der Waals surface area contributed by atoms with E-state index in [0.29, 0.717) is 5.82 Å². The molecule has 1 heterocycles. The molecule has 2 aromatic carbocycles. The molecule has 0 saturated heterocycles. The van der Waals surface area contributed by atoms with Crippen LogP contribution in [-0.2, 0) is 0 Å². The molecule has 104 valence electrons. The Labute approximate surface area is 122 Å². The first kappa shape index (κ1) is 13.1. The van der Waals surface area contributed by atoms with E-state index >= 15 is 0 Å². The lowest BCUT2D eigenvalue weighted by molar-refractivity contribution is 0.102. The molecule has 0 spiro atoms. The molecule has 1 amide bonds. The van der Waals surface area contributed by atoms with E-state index in [1.807, 2.05) is 42.5 Å². The largest absolute Gasteiger partial charge is 0.372 e. The van der Waals surface area contributed by atoms with E-state index in [-0.39, 0.29) is 11.6 Å². The van der Waals surface area contributed by atoms with Crippen LogP contribution in [0.2, 0.25) is 0 Å². The third-order valence-electron chi connectivity index (χ3n) is 3.16. The number of benzene rings is 2. The van der Waals surface area contributed by atoms with E-state index in [1.165, 1.54) is 6.20 Å². The maximum absolute atomic E-state index is 12.3. The number of carbonyl (C=O) groups is 1. The van der Waals surface area contributed by atoms with Crippen LogP contribution in [0.5, 0.6) is 0 Å². The van der Waals surface area contributed by atoms with E-state index in [4.69, 9.17) is 0 Å². The van der Waals surface area contributed by atoms with Gasteiger partial charge in [-0.15, -0.1) is 0 Å². The van der Waals surface area contributed by atoms with Crippen molar-refractivity contribution in [2.75, 3.05) is 17.7 Å². The summed E-state index contributed by atoms with van der Waals surface area (Å²) in [4.78, 5) is 20.5. The SMILES string of the molecule is CNc1cncc(C(=O)Nc2cccc3ccccc23)n1. The lowest BCUT2D eigenvalue weighted by Gasteiger charge is -2.08. The number of carbonyl (C=O) groups excluding carboxylic acids is 1. The van der Waals surface area contributed by atoms with Crippen LogP contribution in [0.3, 0.4) is 0 Å². The highest BCUT2D eigenvalue weighted by Crippen LogP contribution is 2.23. The maximum Gasteiger partial charge on any atom is 0.275 e. The van der Waals surface area contributed by atoms with Crippen LogP contribution in [0.25, 0.3) is 10.8 Å². The second-order valence-corrected chi connectivity index (χ2v) is 4.52. The van der Waals surface area contributed by atoms with Crippen LogP contribution in [0, 0.1) is 0 Å². The Bertz CT molecular complexity index is 796. The lowest BCUT2D eigenvalue weighted by Crippen LogP contribution is -2.15. The molecule has 2 N–H and O–H groups in total. The van der Waals surface area contributed by atoms with Gasteiger partial charge in [-0.3, -0.25) is 9.78 Å². The smallest absolute Gasteiger partial charge is 0.275 e. The van der Waals surface area contributed by atoms with Gasteiger partial charge in [0.1, 0.15) is 11.5 Å². The van der Waals surface area contributed by atoms with Crippen LogP contribution < -0.4 is 10.6 Å². The van der Waals surface area contributed by atoms with Gasteiger partial charge in [0.2, 0.25) is 0 Å². The van der Waals surface area contributed by atoms with Crippen LogP contribution in [0.1, 0.15) is 10.5 Å². The molecule has 3 rings (SSSR count). The molecule has 0 radical (unpaired) electrons. The summed E-state index contributed by atoms with van der Waals surface area (Å²) in [5, 5.41) is 7.81. The normalized spacial score (nSPS) is 10.3. The Hall–Kier alpha value is -2.95. The summed E-state index contributed by atoms with van der Waals surface area (Å²) in [7, 11) is 1.73. The predicted molar refractivity (Wildman–Crippen MR) is 83.5 cm³/mol. The standard InChI is InChI=1S/C16H14N4O/c1-17-15-10-18-9-14(19-15)16(21)20-13-8-4-6-11-5-2-3-7-12(11)13/h2-10H,1H3,(H,17,19)(H,20,21). The molecule has 0 unspecified atom stereocenters. The molecule has 0 bridgehead atoms. The summed E-state index contributed by atoms with van der Waals surface area (Å²) in [6, 6.07) is 13.7. The van der Waals surface area contributed by atoms with E-state index < -0.39 is 0 Å². The highest BCUT2D eigenvalue weighted by molar-refractivity contribution is 6.08. The highest BCUT2D eigenvalue weighted by atomic mass is 16.1. The number of anilines is 2. The number of rotatable bonds is 3. The Morgan fingerprint density at radius 1 is 1.05 bits per heavy atom. The minimum absolute atomic E-state index is 0.273. The van der Waals surface area contributed by atoms with Crippen LogP contribution in [0.4, 0.5) is 11.5 Å². The molecule has 0 aliphatic carbocycles. The summed E-state index contributed by atoms with van der Waals surface area (Å²) >= 11 is 0. The van der Waals surface area contributed by atoms with Crippen LogP contribution in [0.15, 0.2) is 54.9 Å². The molecule has 1 aromatic heterocycles. The number of nitrogens with zero attached hydrogens (tertiary/aromatic N) is 2. The second-order valence-electron chi connectivity index (χ2n) is 4.52. The number of fused-ring (bicyclic) bond motifs is 1. The van der Waals surface area contributed by atoms with Gasteiger partial charge in [0, 0.05) is 18.1 Å². The fourth-order valence-electron chi connectivity index (χ4n) is 2.12. The Morgan fingerprint density at radius 3 is 2.71 bits per heavy atom. The first-order valence-electron chi connectivity index (χ1n) is 6.57. The van der Waals surface area contributed by atoms with Crippen molar-refractivity contribution in [3.63, 3.8) is 0 Å². The molecule has 0 aliphatic rings. The van der Waals surface area contributed by atoms with E-state index in [0.717, 1.165) is 16.5 Å². The van der Waals surface area contributed by atoms with E-state index in [1.54, 1.807) is 13.2 Å². The third kappa shape index (κ3) is 2.67. The van der Waals surface area contributed by atoms with E-state index in [9.17, 15) is 4.79 Å². The minimum atomic E-state index is -0.282. The molecule has 3 aromatic rings. The summed E-state index contributed by atoms with van der Waals surface area (Å²) in [5.74, 6) is 0.275. The quantitative estimate of drug-likeness (QED) is 0.773. The zero-order chi connectivity index (χ0) is 14.7. The topological polar surface area (TPSA) is 66.9 Å². The van der Waals surface area contributed by atoms with Crippen molar-refractivity contribution in [3.8, 4) is 0 Å². The summed E-state index contributed by atoms with van der Waals surface area (Å²) < 4.78 is 0. The van der Waals surface area contributed by atoms with Gasteiger partial charge in [0.05, 0.1) is 12.4 Å². The molecule has 0 atom stereocenters. The summed E-state index contributed by atoms with van der Waals surface area (Å²) in [5.41, 5.74) is 1.03. The van der Waals surface area contributed by atoms with Crippen molar-refractivity contribution in [2.45, 2.75) is 0 Å². The third-order valence-corrected chi connectivity index (χ3v) is 3.16. The van der Waals surface area contributed by atoms with Gasteiger partial charge in [-0.05, 0) is 11.5 Å². The molecule has 5 heteroatoms. The number of nitrogens with one attached hydrogen (secondary N) is 2. The van der Waals surface area contributed by atoms with Gasteiger partial charge in [-0.1, -0.05) is 36.4 Å². The van der Waals surface area contributed by atoms with Crippen molar-refractivity contribution >= 4 is 28.2 Å². The maximum atomic E-state index is 12.3. The van der Waals surface area contributed by atoms with Gasteiger partial charge >= 0.3 is 0 Å². The molecule has 0 fully saturated rings. The van der Waals surface area contributed by atoms with Gasteiger partial charge in [-0.2, -0.15) is 0 Å². The number of aromatic nitrogens is 2. The van der Waals surface area contributed by atoms with Gasteiger partial charge in [0.15, 0.2) is 0 Å². The molecule has 21 heavy (non-hydrogen) atoms. The van der Waals surface area contributed by atoms with Crippen LogP contribution in [-0.4, -0.2) is 22.9 Å². The molecular formula is C16H14N4O. The van der Waals surface area contributed by atoms with Crippen molar-refractivity contribution in [1.82, 2.24) is 9.97 Å². The minimum Gasteiger partial charge on any atom is -0.372 e. The van der Waals surface area contributed by atoms with Crippen molar-refractivity contribution < 1.29 is 4.79 Å². The predicted octanol–water partition coefficient (Wildman–Crippen LogP) is 2.92. The zero-order valence-electron chi connectivity index (χ0n) is 11.5. The average molecular weight is 278 g/mol. The number of hydrogen-bond acceptors (Lipinski definition) is 4. The highest BCUT2D eigenvalue weighted by Gasteiger charge is 2.10. The Morgan fingerprint density at radius 2 is 1.86 bits per heavy atom. The molecular weight excluding hydrogens is 264 g/mol. The molecule has 0 aliphatic heterocycles. The fraction of sp³-hybridized carbons (Fsp3) is 0.0625. The average Bonchev–Trinajstić information content (AvgIpc) is 2.55. The van der Waals surface area contributed by atoms with Gasteiger partial charge in [-0.25, -0.2) is 4.98 Å². The van der Waals surface area contributed by atoms with Crippen molar-refractivity contribution in [1.29, 1.82) is 0 Å². The Balaban J connectivity index is 1.93. The molecule has 0 saturated carbocycles. The van der Waals surface area contributed by atoms with Gasteiger partial charge < -0.3 is 10.6 Å². The van der Waals surface area contributed by atoms with E-state index in [2.05, 4.69) is 20.6 Å². The van der Waals surface area contributed by atoms with Crippen molar-refractivity contribution in [2.24, 2.45) is 0 Å². The second kappa shape index (κ2) is 5.58. The first-order valence-corrected chi connectivity index (χ1v) is 6.57. The van der Waals surface area contributed by atoms with Gasteiger partial charge in [0.25, 0.3) is 5.91 Å². The van der Waals surface area contributed by atoms with Crippen molar-refractivity contribution in [3.05, 3.63) is 60.6 Å². The number of hydrogen-bond donors (Lipinski definition) is 2. The Kier molecular flexibility index (Phi) is 3.47. The first-order chi connectivity index (χ1) is 10.3. The molecule has 5 nitrogen and oxygen atoms in total. The lowest BCUT2D eigenvalue weighted by atomic mass is 10.1. The van der Waals surface area contributed by atoms with Crippen LogP contribution >= 0.6 is 0 Å². The summed E-state index contributed by atoms with van der Waals surface area (Å²) in [6.07, 6.45) is 3.01.